The summed E-state index contributed by atoms with van der Waals surface area (Å²) in [5.74, 6) is -0.449. The largest absolute Gasteiger partial charge is 0.492 e. The minimum Gasteiger partial charge on any atom is -0.492 e. The van der Waals surface area contributed by atoms with Crippen LogP contribution in [0.15, 0.2) is 78.9 Å². The summed E-state index contributed by atoms with van der Waals surface area (Å²) in [6.45, 7) is 5.97. The fourth-order valence-corrected chi connectivity index (χ4v) is 5.12. The van der Waals surface area contributed by atoms with E-state index < -0.39 is 28.5 Å². The summed E-state index contributed by atoms with van der Waals surface area (Å²) >= 11 is 0. The first-order valence-electron chi connectivity index (χ1n) is 13.0. The number of carbonyl (C=O) groups excluding carboxylic acids is 2. The summed E-state index contributed by atoms with van der Waals surface area (Å²) in [4.78, 5) is 28.9. The normalized spacial score (nSPS) is 11.9. The maximum Gasteiger partial charge on any atom is 0.244 e. The minimum absolute atomic E-state index is 0.137. The van der Waals surface area contributed by atoms with Crippen molar-refractivity contribution in [2.24, 2.45) is 0 Å². The van der Waals surface area contributed by atoms with Crippen molar-refractivity contribution in [2.75, 3.05) is 30.3 Å². The lowest BCUT2D eigenvalue weighted by Crippen LogP contribution is -2.53. The third-order valence-corrected chi connectivity index (χ3v) is 7.34. The number of para-hydroxylation sites is 2. The molecule has 0 aromatic heterocycles. The molecule has 0 unspecified atom stereocenters. The second-order valence-corrected chi connectivity index (χ2v) is 11.2. The Kier molecular flexibility index (Phi) is 10.5. The van der Waals surface area contributed by atoms with E-state index in [1.54, 1.807) is 31.2 Å². The molecule has 3 aromatic rings. The van der Waals surface area contributed by atoms with Crippen LogP contribution in [-0.4, -0.2) is 57.1 Å². The van der Waals surface area contributed by atoms with Crippen LogP contribution in [-0.2, 0) is 32.6 Å². The number of amides is 2. The van der Waals surface area contributed by atoms with Crippen LogP contribution in [0.4, 0.5) is 5.69 Å². The highest BCUT2D eigenvalue weighted by Gasteiger charge is 2.33. The van der Waals surface area contributed by atoms with Gasteiger partial charge in [-0.15, -0.1) is 0 Å². The third-order valence-electron chi connectivity index (χ3n) is 6.21. The maximum absolute atomic E-state index is 14.1. The number of likely N-dealkylation sites (N-methyl/N-ethyl adjacent to an activating group) is 1. The SMILES string of the molecule is CCNC(=O)[C@@H](Cc1ccccc1)N(Cc1ccc(C)cc1)C(=O)CN(c1ccccc1OCC)S(C)(=O)=O. The van der Waals surface area contributed by atoms with E-state index in [0.717, 1.165) is 27.3 Å². The molecule has 0 bridgehead atoms. The number of hydrogen-bond acceptors (Lipinski definition) is 5. The number of nitrogens with one attached hydrogen (secondary N) is 1. The number of rotatable bonds is 13. The van der Waals surface area contributed by atoms with Crippen LogP contribution >= 0.6 is 0 Å². The van der Waals surface area contributed by atoms with E-state index in [2.05, 4.69) is 5.32 Å². The van der Waals surface area contributed by atoms with Gasteiger partial charge in [0.1, 0.15) is 18.3 Å². The lowest BCUT2D eigenvalue weighted by Gasteiger charge is -2.33. The summed E-state index contributed by atoms with van der Waals surface area (Å²) in [7, 11) is -3.88. The van der Waals surface area contributed by atoms with Crippen molar-refractivity contribution in [2.45, 2.75) is 39.8 Å². The van der Waals surface area contributed by atoms with Gasteiger partial charge in [-0.05, 0) is 44.0 Å². The van der Waals surface area contributed by atoms with Crippen molar-refractivity contribution in [1.82, 2.24) is 10.2 Å². The molecule has 39 heavy (non-hydrogen) atoms. The van der Waals surface area contributed by atoms with Crippen molar-refractivity contribution in [3.8, 4) is 5.75 Å². The fourth-order valence-electron chi connectivity index (χ4n) is 4.27. The molecule has 3 aromatic carbocycles. The van der Waals surface area contributed by atoms with Crippen LogP contribution in [0.1, 0.15) is 30.5 Å². The number of carbonyl (C=O) groups is 2. The minimum atomic E-state index is -3.88. The van der Waals surface area contributed by atoms with Crippen LogP contribution in [0, 0.1) is 6.92 Å². The van der Waals surface area contributed by atoms with Crippen molar-refractivity contribution in [3.05, 3.63) is 95.6 Å². The van der Waals surface area contributed by atoms with Gasteiger partial charge in [0.25, 0.3) is 0 Å². The molecule has 0 aliphatic heterocycles. The van der Waals surface area contributed by atoms with E-state index in [-0.39, 0.29) is 24.6 Å². The van der Waals surface area contributed by atoms with Gasteiger partial charge >= 0.3 is 0 Å². The van der Waals surface area contributed by atoms with E-state index in [9.17, 15) is 18.0 Å². The Hall–Kier alpha value is -3.85. The highest BCUT2D eigenvalue weighted by Crippen LogP contribution is 2.30. The van der Waals surface area contributed by atoms with Crippen LogP contribution < -0.4 is 14.4 Å². The van der Waals surface area contributed by atoms with E-state index in [4.69, 9.17) is 4.74 Å². The van der Waals surface area contributed by atoms with Crippen LogP contribution in [0.2, 0.25) is 0 Å². The zero-order chi connectivity index (χ0) is 28.4. The Bertz CT molecular complexity index is 1340. The molecule has 208 valence electrons. The average molecular weight is 552 g/mol. The first-order valence-corrected chi connectivity index (χ1v) is 14.8. The first kappa shape index (κ1) is 29.7. The second-order valence-electron chi connectivity index (χ2n) is 9.28. The Labute approximate surface area is 231 Å². The van der Waals surface area contributed by atoms with Gasteiger partial charge in [-0.1, -0.05) is 72.3 Å². The van der Waals surface area contributed by atoms with E-state index in [0.29, 0.717) is 18.9 Å². The molecule has 0 saturated carbocycles. The van der Waals surface area contributed by atoms with Gasteiger partial charge in [0.2, 0.25) is 21.8 Å². The summed E-state index contributed by atoms with van der Waals surface area (Å²) in [6, 6.07) is 23.0. The molecule has 3 rings (SSSR count). The number of benzene rings is 3. The van der Waals surface area contributed by atoms with E-state index >= 15 is 0 Å². The van der Waals surface area contributed by atoms with Gasteiger partial charge in [-0.3, -0.25) is 13.9 Å². The topological polar surface area (TPSA) is 96.0 Å². The number of nitrogens with zero attached hydrogens (tertiary/aromatic N) is 2. The standard InChI is InChI=1S/C30H37N3O5S/c1-5-31-30(35)27(20-24-12-8-7-9-13-24)32(21-25-18-16-23(3)17-19-25)29(34)22-33(39(4,36)37)26-14-10-11-15-28(26)38-6-2/h7-19,27H,5-6,20-22H2,1-4H3,(H,31,35)/t27-/m1/s1. The van der Waals surface area contributed by atoms with Crippen molar-refractivity contribution >= 4 is 27.5 Å². The number of anilines is 1. The van der Waals surface area contributed by atoms with Crippen molar-refractivity contribution in [3.63, 3.8) is 0 Å². The van der Waals surface area contributed by atoms with Gasteiger partial charge in [-0.25, -0.2) is 8.42 Å². The molecule has 0 aliphatic rings. The molecular formula is C30H37N3O5S. The zero-order valence-corrected chi connectivity index (χ0v) is 23.8. The zero-order valence-electron chi connectivity index (χ0n) is 23.0. The van der Waals surface area contributed by atoms with Crippen molar-refractivity contribution in [1.29, 1.82) is 0 Å². The summed E-state index contributed by atoms with van der Waals surface area (Å²) in [5, 5.41) is 2.85. The van der Waals surface area contributed by atoms with Gasteiger partial charge in [0, 0.05) is 19.5 Å². The average Bonchev–Trinajstić information content (AvgIpc) is 2.91. The lowest BCUT2D eigenvalue weighted by molar-refractivity contribution is -0.140. The lowest BCUT2D eigenvalue weighted by atomic mass is 10.0. The molecule has 8 nitrogen and oxygen atoms in total. The monoisotopic (exact) mass is 551 g/mol. The smallest absolute Gasteiger partial charge is 0.244 e. The second kappa shape index (κ2) is 13.8. The Balaban J connectivity index is 2.05. The summed E-state index contributed by atoms with van der Waals surface area (Å²) in [5.41, 5.74) is 3.05. The molecule has 0 fully saturated rings. The predicted molar refractivity (Wildman–Crippen MR) is 154 cm³/mol. The quantitative estimate of drug-likeness (QED) is 0.347. The molecule has 0 radical (unpaired) electrons. The number of aryl methyl sites for hydroxylation is 1. The molecule has 0 heterocycles. The van der Waals surface area contributed by atoms with Gasteiger partial charge in [0.05, 0.1) is 18.6 Å². The Morgan fingerprint density at radius 1 is 0.897 bits per heavy atom. The molecule has 9 heteroatoms. The van der Waals surface area contributed by atoms with Gasteiger partial charge in [0.15, 0.2) is 0 Å². The third kappa shape index (κ3) is 8.32. The summed E-state index contributed by atoms with van der Waals surface area (Å²) in [6.07, 6.45) is 1.33. The first-order chi connectivity index (χ1) is 18.6. The molecule has 2 amide bonds. The number of sulfonamides is 1. The van der Waals surface area contributed by atoms with Crippen LogP contribution in [0.25, 0.3) is 0 Å². The molecule has 1 atom stereocenters. The van der Waals surface area contributed by atoms with Crippen LogP contribution in [0.3, 0.4) is 0 Å². The highest BCUT2D eigenvalue weighted by molar-refractivity contribution is 7.92. The van der Waals surface area contributed by atoms with E-state index in [1.807, 2.05) is 68.4 Å². The van der Waals surface area contributed by atoms with Gasteiger partial charge in [-0.2, -0.15) is 0 Å². The Morgan fingerprint density at radius 3 is 2.15 bits per heavy atom. The molecule has 0 spiro atoms. The fraction of sp³-hybridized carbons (Fsp3) is 0.333. The summed E-state index contributed by atoms with van der Waals surface area (Å²) < 4.78 is 32.6. The van der Waals surface area contributed by atoms with Crippen LogP contribution in [0.5, 0.6) is 5.75 Å². The maximum atomic E-state index is 14.1. The number of ether oxygens (including phenoxy) is 1. The molecule has 0 aliphatic carbocycles. The predicted octanol–water partition coefficient (Wildman–Crippen LogP) is 3.94. The van der Waals surface area contributed by atoms with E-state index in [1.165, 1.54) is 4.90 Å². The molecular weight excluding hydrogens is 514 g/mol. The molecule has 0 saturated heterocycles. The van der Waals surface area contributed by atoms with Crippen molar-refractivity contribution < 1.29 is 22.7 Å². The molecule has 1 N–H and O–H groups in total. The highest BCUT2D eigenvalue weighted by atomic mass is 32.2. The Morgan fingerprint density at radius 2 is 1.54 bits per heavy atom. The number of hydrogen-bond donors (Lipinski definition) is 1. The van der Waals surface area contributed by atoms with Gasteiger partial charge < -0.3 is 15.0 Å².